The minimum Gasteiger partial charge on any atom is -0.374 e. The second kappa shape index (κ2) is 5.50. The van der Waals surface area contributed by atoms with E-state index in [0.29, 0.717) is 0 Å². The van der Waals surface area contributed by atoms with E-state index in [1.165, 1.54) is 57.8 Å². The molecular weight excluding hydrogens is 222 g/mol. The normalized spacial score (nSPS) is 36.8. The third-order valence-corrected chi connectivity index (χ3v) is 4.97. The Bertz CT molecular complexity index is 272. The lowest BCUT2D eigenvalue weighted by Crippen LogP contribution is -2.47. The molecule has 0 spiro atoms. The Balaban J connectivity index is 1.49. The molecular formula is C16H29NO. The van der Waals surface area contributed by atoms with Gasteiger partial charge in [0.1, 0.15) is 0 Å². The molecule has 0 aromatic heterocycles. The molecule has 3 fully saturated rings. The van der Waals surface area contributed by atoms with E-state index in [1.54, 1.807) is 0 Å². The summed E-state index contributed by atoms with van der Waals surface area (Å²) in [6.07, 6.45) is 12.3. The highest BCUT2D eigenvalue weighted by Gasteiger charge is 2.37. The predicted molar refractivity (Wildman–Crippen MR) is 74.7 cm³/mol. The quantitative estimate of drug-likeness (QED) is 0.747. The molecule has 3 saturated carbocycles. The Morgan fingerprint density at radius 1 is 1.17 bits per heavy atom. The molecule has 3 aliphatic rings. The molecule has 2 unspecified atom stereocenters. The van der Waals surface area contributed by atoms with Crippen LogP contribution in [0.25, 0.3) is 0 Å². The van der Waals surface area contributed by atoms with Crippen molar-refractivity contribution in [3.05, 3.63) is 0 Å². The van der Waals surface area contributed by atoms with Gasteiger partial charge in [-0.15, -0.1) is 0 Å². The highest BCUT2D eigenvalue weighted by atomic mass is 16.5. The van der Waals surface area contributed by atoms with Gasteiger partial charge in [-0.1, -0.05) is 32.6 Å². The molecule has 0 radical (unpaired) electrons. The van der Waals surface area contributed by atoms with Crippen molar-refractivity contribution in [3.63, 3.8) is 0 Å². The summed E-state index contributed by atoms with van der Waals surface area (Å²) in [4.78, 5) is 0. The molecule has 3 rings (SSSR count). The number of ether oxygens (including phenoxy) is 1. The molecule has 2 atom stereocenters. The van der Waals surface area contributed by atoms with Crippen LogP contribution in [0.2, 0.25) is 0 Å². The summed E-state index contributed by atoms with van der Waals surface area (Å²) >= 11 is 0. The van der Waals surface area contributed by atoms with Crippen LogP contribution in [0, 0.1) is 11.8 Å². The van der Waals surface area contributed by atoms with E-state index >= 15 is 0 Å². The smallest absolute Gasteiger partial charge is 0.0808 e. The van der Waals surface area contributed by atoms with Gasteiger partial charge in [0.2, 0.25) is 0 Å². The molecule has 104 valence electrons. The van der Waals surface area contributed by atoms with E-state index in [0.717, 1.165) is 31.0 Å². The maximum Gasteiger partial charge on any atom is 0.0808 e. The second-order valence-corrected chi connectivity index (χ2v) is 7.12. The van der Waals surface area contributed by atoms with E-state index in [1.807, 2.05) is 0 Å². The zero-order valence-electron chi connectivity index (χ0n) is 11.9. The number of hydrogen-bond donors (Lipinski definition) is 1. The van der Waals surface area contributed by atoms with Crippen LogP contribution in [0.4, 0.5) is 0 Å². The van der Waals surface area contributed by atoms with E-state index in [2.05, 4.69) is 12.2 Å². The van der Waals surface area contributed by atoms with Crippen molar-refractivity contribution in [2.45, 2.75) is 76.4 Å². The van der Waals surface area contributed by atoms with Crippen molar-refractivity contribution in [3.8, 4) is 0 Å². The summed E-state index contributed by atoms with van der Waals surface area (Å²) in [6, 6.07) is 0.811. The third-order valence-electron chi connectivity index (χ3n) is 4.97. The first-order chi connectivity index (χ1) is 8.76. The number of rotatable bonds is 7. The van der Waals surface area contributed by atoms with Crippen molar-refractivity contribution in [1.29, 1.82) is 0 Å². The molecule has 0 saturated heterocycles. The van der Waals surface area contributed by atoms with Gasteiger partial charge in [-0.05, 0) is 43.9 Å². The fourth-order valence-corrected chi connectivity index (χ4v) is 3.42. The number of nitrogens with one attached hydrogen (secondary N) is 1. The minimum absolute atomic E-state index is 0.176. The SMILES string of the molecule is CC1CCCC(CNC2CC2)(OCCC2CC2)C1. The van der Waals surface area contributed by atoms with Crippen molar-refractivity contribution >= 4 is 0 Å². The summed E-state index contributed by atoms with van der Waals surface area (Å²) in [6.45, 7) is 4.51. The highest BCUT2D eigenvalue weighted by molar-refractivity contribution is 4.92. The minimum atomic E-state index is 0.176. The second-order valence-electron chi connectivity index (χ2n) is 7.12. The Hall–Kier alpha value is -0.0800. The zero-order chi connectivity index (χ0) is 12.4. The van der Waals surface area contributed by atoms with E-state index in [9.17, 15) is 0 Å². The summed E-state index contributed by atoms with van der Waals surface area (Å²) in [5, 5.41) is 3.72. The van der Waals surface area contributed by atoms with E-state index < -0.39 is 0 Å². The van der Waals surface area contributed by atoms with Gasteiger partial charge in [-0.2, -0.15) is 0 Å². The Morgan fingerprint density at radius 3 is 2.67 bits per heavy atom. The first-order valence-electron chi connectivity index (χ1n) is 8.13. The van der Waals surface area contributed by atoms with Gasteiger partial charge in [-0.25, -0.2) is 0 Å². The summed E-state index contributed by atoms with van der Waals surface area (Å²) in [5.74, 6) is 1.85. The van der Waals surface area contributed by atoms with Crippen LogP contribution in [0.15, 0.2) is 0 Å². The van der Waals surface area contributed by atoms with Crippen LogP contribution in [0.5, 0.6) is 0 Å². The highest BCUT2D eigenvalue weighted by Crippen LogP contribution is 2.37. The molecule has 18 heavy (non-hydrogen) atoms. The molecule has 2 heteroatoms. The lowest BCUT2D eigenvalue weighted by molar-refractivity contribution is -0.0812. The van der Waals surface area contributed by atoms with Gasteiger partial charge in [0.15, 0.2) is 0 Å². The average molecular weight is 251 g/mol. The van der Waals surface area contributed by atoms with Crippen molar-refractivity contribution in [2.75, 3.05) is 13.2 Å². The molecule has 0 aromatic rings. The standard InChI is InChI=1S/C16H29NO/c1-13-3-2-9-16(11-13,12-17-15-6-7-15)18-10-8-14-4-5-14/h13-15,17H,2-12H2,1H3. The fourth-order valence-electron chi connectivity index (χ4n) is 3.42. The first-order valence-corrected chi connectivity index (χ1v) is 8.13. The van der Waals surface area contributed by atoms with Crippen LogP contribution < -0.4 is 5.32 Å². The van der Waals surface area contributed by atoms with E-state index in [-0.39, 0.29) is 5.60 Å². The van der Waals surface area contributed by atoms with Crippen LogP contribution >= 0.6 is 0 Å². The van der Waals surface area contributed by atoms with Crippen molar-refractivity contribution in [2.24, 2.45) is 11.8 Å². The van der Waals surface area contributed by atoms with Crippen molar-refractivity contribution in [1.82, 2.24) is 5.32 Å². The average Bonchev–Trinajstić information content (AvgIpc) is 3.22. The first kappa shape index (κ1) is 12.9. The maximum absolute atomic E-state index is 6.41. The van der Waals surface area contributed by atoms with Crippen LogP contribution in [0.1, 0.15) is 64.7 Å². The zero-order valence-corrected chi connectivity index (χ0v) is 11.9. The maximum atomic E-state index is 6.41. The molecule has 0 aliphatic heterocycles. The Labute approximate surface area is 112 Å². The molecule has 1 N–H and O–H groups in total. The van der Waals surface area contributed by atoms with Crippen LogP contribution in [-0.4, -0.2) is 24.8 Å². The molecule has 0 bridgehead atoms. The monoisotopic (exact) mass is 251 g/mol. The summed E-state index contributed by atoms with van der Waals surface area (Å²) in [5.41, 5.74) is 0.176. The molecule has 2 nitrogen and oxygen atoms in total. The lowest BCUT2D eigenvalue weighted by atomic mass is 9.78. The largest absolute Gasteiger partial charge is 0.374 e. The van der Waals surface area contributed by atoms with Gasteiger partial charge < -0.3 is 10.1 Å². The summed E-state index contributed by atoms with van der Waals surface area (Å²) in [7, 11) is 0. The Kier molecular flexibility index (Phi) is 3.95. The van der Waals surface area contributed by atoms with Gasteiger partial charge >= 0.3 is 0 Å². The lowest BCUT2D eigenvalue weighted by Gasteiger charge is -2.40. The van der Waals surface area contributed by atoms with Crippen LogP contribution in [0.3, 0.4) is 0 Å². The predicted octanol–water partition coefficient (Wildman–Crippen LogP) is 3.50. The van der Waals surface area contributed by atoms with Gasteiger partial charge in [0.25, 0.3) is 0 Å². The van der Waals surface area contributed by atoms with Crippen LogP contribution in [-0.2, 0) is 4.74 Å². The topological polar surface area (TPSA) is 21.3 Å². The molecule has 3 aliphatic carbocycles. The van der Waals surface area contributed by atoms with E-state index in [4.69, 9.17) is 4.74 Å². The molecule has 0 aromatic carbocycles. The summed E-state index contributed by atoms with van der Waals surface area (Å²) < 4.78 is 6.41. The van der Waals surface area contributed by atoms with Gasteiger partial charge in [0.05, 0.1) is 5.60 Å². The van der Waals surface area contributed by atoms with Gasteiger partial charge in [-0.3, -0.25) is 0 Å². The van der Waals surface area contributed by atoms with Crippen molar-refractivity contribution < 1.29 is 4.74 Å². The fraction of sp³-hybridized carbons (Fsp3) is 1.00. The molecule has 0 amide bonds. The molecule has 0 heterocycles. The Morgan fingerprint density at radius 2 is 2.00 bits per heavy atom. The third kappa shape index (κ3) is 3.71. The number of hydrogen-bond acceptors (Lipinski definition) is 2. The van der Waals surface area contributed by atoms with Gasteiger partial charge in [0, 0.05) is 19.2 Å².